The molecule has 1 spiro atoms. The first-order valence-corrected chi connectivity index (χ1v) is 27.3. The molecule has 2 heterocycles. The van der Waals surface area contributed by atoms with E-state index in [0.717, 1.165) is 40.7 Å². The number of hydrogen-bond donors (Lipinski definition) is 0. The lowest BCUT2D eigenvalue weighted by molar-refractivity contribution is -0.0399. The standard InChI is InChI=1S/C70H52N2S/c1-3-15-46(16-4-1)51-41-60-58-22-9-12-28-67(58)73-69(60)66(43-51)72(65-27-14-26-64-68(65)59-23-8-11-25-63(59)71(64)54-18-5-2-6-19-54)55-20-13-17-49(40-55)47-29-31-48(32-30-47)50-33-34-57-56-21-7-10-24-61(56)70(62(57)42-50)52-36-44-35-45(38-52)39-53(70)37-44/h1-34,40-45,52-53H,35-39H2. The van der Waals surface area contributed by atoms with Crippen LogP contribution in [0, 0.1) is 23.7 Å². The van der Waals surface area contributed by atoms with Crippen molar-refractivity contribution >= 4 is 70.4 Å². The van der Waals surface area contributed by atoms with Crippen LogP contribution in [0.5, 0.6) is 0 Å². The van der Waals surface area contributed by atoms with E-state index in [-0.39, 0.29) is 5.41 Å². The van der Waals surface area contributed by atoms with Gasteiger partial charge in [0, 0.05) is 43.0 Å². The Morgan fingerprint density at radius 2 is 1.00 bits per heavy atom. The molecule has 2 nitrogen and oxygen atoms in total. The molecule has 73 heavy (non-hydrogen) atoms. The number of nitrogens with zero attached hydrogens (tertiary/aromatic N) is 2. The first-order chi connectivity index (χ1) is 36.2. The highest BCUT2D eigenvalue weighted by Crippen LogP contribution is 2.69. The highest BCUT2D eigenvalue weighted by atomic mass is 32.1. The fourth-order valence-electron chi connectivity index (χ4n) is 15.2. The molecule has 4 bridgehead atoms. The van der Waals surface area contributed by atoms with Crippen molar-refractivity contribution in [1.82, 2.24) is 4.57 Å². The number of benzene rings is 10. The summed E-state index contributed by atoms with van der Waals surface area (Å²) in [5.74, 6) is 3.36. The van der Waals surface area contributed by atoms with Crippen LogP contribution >= 0.6 is 11.3 Å². The molecule has 10 aromatic carbocycles. The number of rotatable bonds is 7. The van der Waals surface area contributed by atoms with Gasteiger partial charge in [-0.2, -0.15) is 0 Å². The third-order valence-electron chi connectivity index (χ3n) is 17.9. The van der Waals surface area contributed by atoms with Gasteiger partial charge in [0.2, 0.25) is 0 Å². The number of aromatic nitrogens is 1. The minimum atomic E-state index is 0.157. The van der Waals surface area contributed by atoms with Crippen molar-refractivity contribution in [3.05, 3.63) is 242 Å². The van der Waals surface area contributed by atoms with Crippen molar-refractivity contribution in [2.24, 2.45) is 23.7 Å². The van der Waals surface area contributed by atoms with Gasteiger partial charge in [0.05, 0.1) is 27.1 Å². The van der Waals surface area contributed by atoms with Crippen LogP contribution < -0.4 is 4.90 Å². The molecule has 4 saturated carbocycles. The molecule has 4 fully saturated rings. The Kier molecular flexibility index (Phi) is 9.13. The van der Waals surface area contributed by atoms with Crippen molar-refractivity contribution in [1.29, 1.82) is 0 Å². The summed E-state index contributed by atoms with van der Waals surface area (Å²) in [7, 11) is 0. The Morgan fingerprint density at radius 3 is 1.79 bits per heavy atom. The van der Waals surface area contributed by atoms with E-state index in [2.05, 4.69) is 240 Å². The van der Waals surface area contributed by atoms with Crippen molar-refractivity contribution < 1.29 is 0 Å². The van der Waals surface area contributed by atoms with Crippen molar-refractivity contribution in [2.45, 2.75) is 37.5 Å². The number of hydrogen-bond acceptors (Lipinski definition) is 2. The Morgan fingerprint density at radius 1 is 0.397 bits per heavy atom. The zero-order valence-corrected chi connectivity index (χ0v) is 41.4. The Bertz CT molecular complexity index is 4130. The average Bonchev–Trinajstić information content (AvgIpc) is 4.10. The van der Waals surface area contributed by atoms with Gasteiger partial charge < -0.3 is 9.47 Å². The molecular formula is C70H52N2S. The molecule has 5 aliphatic carbocycles. The zero-order valence-electron chi connectivity index (χ0n) is 40.6. The molecule has 0 unspecified atom stereocenters. The molecule has 5 aliphatic rings. The summed E-state index contributed by atoms with van der Waals surface area (Å²) in [6.45, 7) is 0. The molecule has 0 N–H and O–H groups in total. The molecule has 0 atom stereocenters. The van der Waals surface area contributed by atoms with Gasteiger partial charge in [-0.15, -0.1) is 11.3 Å². The molecule has 17 rings (SSSR count). The third-order valence-corrected chi connectivity index (χ3v) is 19.2. The Labute approximate surface area is 430 Å². The molecule has 2 aromatic heterocycles. The summed E-state index contributed by atoms with van der Waals surface area (Å²) in [5, 5.41) is 5.02. The monoisotopic (exact) mass is 952 g/mol. The van der Waals surface area contributed by atoms with Crippen LogP contribution in [0.1, 0.15) is 43.2 Å². The smallest absolute Gasteiger partial charge is 0.0646 e. The maximum atomic E-state index is 2.62. The second kappa shape index (κ2) is 16.0. The van der Waals surface area contributed by atoms with E-state index < -0.39 is 0 Å². The second-order valence-electron chi connectivity index (χ2n) is 21.6. The average molecular weight is 953 g/mol. The third kappa shape index (κ3) is 6.16. The molecule has 0 aliphatic heterocycles. The van der Waals surface area contributed by atoms with Gasteiger partial charge in [0.15, 0.2) is 0 Å². The number of anilines is 3. The predicted octanol–water partition coefficient (Wildman–Crippen LogP) is 19.3. The van der Waals surface area contributed by atoms with Gasteiger partial charge in [-0.1, -0.05) is 164 Å². The maximum absolute atomic E-state index is 2.62. The fraction of sp³-hybridized carbons (Fsp3) is 0.143. The van der Waals surface area contributed by atoms with E-state index in [1.54, 1.807) is 11.1 Å². The van der Waals surface area contributed by atoms with Crippen LogP contribution in [0.25, 0.3) is 92.2 Å². The SMILES string of the molecule is c1ccc(-c2cc(N(c3cccc(-c4ccc(-c5ccc6c(c5)C5(c7ccccc7-6)C6CC7CC(C6)CC5C7)cc4)c3)c3cccc4c3c3ccccc3n4-c3ccccc3)c3sc4ccccc4c3c2)cc1. The molecule has 12 aromatic rings. The largest absolute Gasteiger partial charge is 0.309 e. The lowest BCUT2D eigenvalue weighted by Gasteiger charge is -2.61. The number of thiophene rings is 1. The first-order valence-electron chi connectivity index (χ1n) is 26.5. The van der Waals surface area contributed by atoms with Crippen LogP contribution in [0.15, 0.2) is 231 Å². The highest BCUT2D eigenvalue weighted by Gasteiger charge is 2.61. The summed E-state index contributed by atoms with van der Waals surface area (Å²) in [4.78, 5) is 2.56. The number of fused-ring (bicyclic) bond motifs is 9. The lowest BCUT2D eigenvalue weighted by atomic mass is 9.43. The van der Waals surface area contributed by atoms with E-state index in [0.29, 0.717) is 0 Å². The van der Waals surface area contributed by atoms with Crippen LogP contribution in [0.3, 0.4) is 0 Å². The number of para-hydroxylation sites is 2. The predicted molar refractivity (Wildman–Crippen MR) is 308 cm³/mol. The van der Waals surface area contributed by atoms with Gasteiger partial charge in [0.25, 0.3) is 0 Å². The van der Waals surface area contributed by atoms with E-state index in [1.807, 2.05) is 11.3 Å². The van der Waals surface area contributed by atoms with E-state index in [9.17, 15) is 0 Å². The maximum Gasteiger partial charge on any atom is 0.0646 e. The summed E-state index contributed by atoms with van der Waals surface area (Å²) < 4.78 is 4.99. The quantitative estimate of drug-likeness (QED) is 0.155. The van der Waals surface area contributed by atoms with Gasteiger partial charge in [-0.05, 0) is 178 Å². The Hall–Kier alpha value is -7.98. The second-order valence-corrected chi connectivity index (χ2v) is 22.7. The van der Waals surface area contributed by atoms with Crippen molar-refractivity contribution in [3.63, 3.8) is 0 Å². The van der Waals surface area contributed by atoms with Gasteiger partial charge in [-0.3, -0.25) is 0 Å². The normalized spacial score (nSPS) is 20.4. The first kappa shape index (κ1) is 41.6. The van der Waals surface area contributed by atoms with Crippen LogP contribution in [-0.2, 0) is 5.41 Å². The highest BCUT2D eigenvalue weighted by molar-refractivity contribution is 7.26. The molecule has 3 heteroatoms. The van der Waals surface area contributed by atoms with E-state index >= 15 is 0 Å². The fourth-order valence-corrected chi connectivity index (χ4v) is 16.4. The van der Waals surface area contributed by atoms with Crippen LogP contribution in [0.2, 0.25) is 0 Å². The van der Waals surface area contributed by atoms with Gasteiger partial charge >= 0.3 is 0 Å². The summed E-state index contributed by atoms with van der Waals surface area (Å²) in [6, 6.07) is 87.0. The van der Waals surface area contributed by atoms with Crippen LogP contribution in [-0.4, -0.2) is 4.57 Å². The minimum absolute atomic E-state index is 0.157. The van der Waals surface area contributed by atoms with Gasteiger partial charge in [-0.25, -0.2) is 0 Å². The Balaban J connectivity index is 0.863. The summed E-state index contributed by atoms with van der Waals surface area (Å²) in [6.07, 6.45) is 7.07. The van der Waals surface area contributed by atoms with Crippen molar-refractivity contribution in [3.8, 4) is 50.2 Å². The van der Waals surface area contributed by atoms with Crippen molar-refractivity contribution in [2.75, 3.05) is 4.90 Å². The van der Waals surface area contributed by atoms with Gasteiger partial charge in [0.1, 0.15) is 0 Å². The minimum Gasteiger partial charge on any atom is -0.309 e. The molecule has 348 valence electrons. The van der Waals surface area contributed by atoms with E-state index in [4.69, 9.17) is 0 Å². The summed E-state index contributed by atoms with van der Waals surface area (Å²) >= 11 is 1.89. The van der Waals surface area contributed by atoms with E-state index in [1.165, 1.54) is 124 Å². The molecule has 0 saturated heterocycles. The lowest BCUT2D eigenvalue weighted by Crippen LogP contribution is -2.55. The topological polar surface area (TPSA) is 8.17 Å². The zero-order chi connectivity index (χ0) is 47.8. The molecule has 0 radical (unpaired) electrons. The van der Waals surface area contributed by atoms with Crippen LogP contribution in [0.4, 0.5) is 17.1 Å². The summed E-state index contributed by atoms with van der Waals surface area (Å²) in [5.41, 5.74) is 20.7. The molecular weight excluding hydrogens is 901 g/mol. The molecule has 0 amide bonds.